The quantitative estimate of drug-likeness (QED) is 0.774. The zero-order chi connectivity index (χ0) is 15.7. The highest BCUT2D eigenvalue weighted by molar-refractivity contribution is 5.66. The standard InChI is InChI=1S/C16H19N3O2/c1-13-9-16(19(5-7-20)6-8-21-2)4-3-15(13)10-14(11-17)12-18/h3-4,9-10,20H,5-8H2,1-2H3. The van der Waals surface area contributed by atoms with Crippen molar-refractivity contribution in [2.24, 2.45) is 0 Å². The molecule has 1 rings (SSSR count). The summed E-state index contributed by atoms with van der Waals surface area (Å²) in [6.07, 6.45) is 1.57. The van der Waals surface area contributed by atoms with Crippen molar-refractivity contribution in [3.05, 3.63) is 34.9 Å². The fourth-order valence-corrected chi connectivity index (χ4v) is 1.96. The van der Waals surface area contributed by atoms with Crippen LogP contribution in [0.5, 0.6) is 0 Å². The van der Waals surface area contributed by atoms with E-state index in [1.165, 1.54) is 0 Å². The van der Waals surface area contributed by atoms with Crippen molar-refractivity contribution in [1.29, 1.82) is 10.5 Å². The summed E-state index contributed by atoms with van der Waals surface area (Å²) in [6, 6.07) is 9.47. The van der Waals surface area contributed by atoms with Gasteiger partial charge in [0, 0.05) is 25.9 Å². The van der Waals surface area contributed by atoms with E-state index in [1.807, 2.05) is 42.2 Å². The third-order valence-corrected chi connectivity index (χ3v) is 3.09. The number of aliphatic hydroxyl groups excluding tert-OH is 1. The summed E-state index contributed by atoms with van der Waals surface area (Å²) in [5.74, 6) is 0. The molecular formula is C16H19N3O2. The van der Waals surface area contributed by atoms with Crippen molar-refractivity contribution in [3.8, 4) is 12.1 Å². The lowest BCUT2D eigenvalue weighted by Gasteiger charge is -2.24. The largest absolute Gasteiger partial charge is 0.395 e. The van der Waals surface area contributed by atoms with Gasteiger partial charge in [0.15, 0.2) is 0 Å². The predicted molar refractivity (Wildman–Crippen MR) is 81.6 cm³/mol. The molecule has 0 aliphatic rings. The lowest BCUT2D eigenvalue weighted by molar-refractivity contribution is 0.203. The van der Waals surface area contributed by atoms with Gasteiger partial charge >= 0.3 is 0 Å². The summed E-state index contributed by atoms with van der Waals surface area (Å²) in [7, 11) is 1.64. The van der Waals surface area contributed by atoms with Crippen LogP contribution >= 0.6 is 0 Å². The first-order valence-electron chi connectivity index (χ1n) is 6.63. The molecule has 0 saturated heterocycles. The SMILES string of the molecule is COCCN(CCO)c1ccc(C=C(C#N)C#N)c(C)c1. The molecule has 0 fully saturated rings. The van der Waals surface area contributed by atoms with Crippen LogP contribution in [-0.4, -0.2) is 38.5 Å². The Kier molecular flexibility index (Phi) is 6.97. The van der Waals surface area contributed by atoms with E-state index in [4.69, 9.17) is 20.4 Å². The highest BCUT2D eigenvalue weighted by atomic mass is 16.5. The molecule has 0 aromatic heterocycles. The molecule has 110 valence electrons. The molecule has 1 N–H and O–H groups in total. The number of rotatable bonds is 7. The molecule has 1 aromatic rings. The van der Waals surface area contributed by atoms with Crippen molar-refractivity contribution in [2.45, 2.75) is 6.92 Å². The Balaban J connectivity index is 3.02. The van der Waals surface area contributed by atoms with Crippen LogP contribution in [0, 0.1) is 29.6 Å². The van der Waals surface area contributed by atoms with Gasteiger partial charge in [-0.1, -0.05) is 6.07 Å². The number of ether oxygens (including phenoxy) is 1. The van der Waals surface area contributed by atoms with Crippen LogP contribution in [0.2, 0.25) is 0 Å². The Labute approximate surface area is 125 Å². The van der Waals surface area contributed by atoms with Crippen LogP contribution in [0.25, 0.3) is 6.08 Å². The van der Waals surface area contributed by atoms with Crippen molar-refractivity contribution < 1.29 is 9.84 Å². The number of aliphatic hydroxyl groups is 1. The molecule has 0 bridgehead atoms. The van der Waals surface area contributed by atoms with Crippen molar-refractivity contribution in [1.82, 2.24) is 0 Å². The highest BCUT2D eigenvalue weighted by Gasteiger charge is 2.07. The van der Waals surface area contributed by atoms with Gasteiger partial charge in [-0.25, -0.2) is 0 Å². The fourth-order valence-electron chi connectivity index (χ4n) is 1.96. The first-order chi connectivity index (χ1) is 10.2. The number of methoxy groups -OCH3 is 1. The molecule has 0 unspecified atom stereocenters. The zero-order valence-electron chi connectivity index (χ0n) is 12.3. The van der Waals surface area contributed by atoms with Gasteiger partial charge in [-0.2, -0.15) is 10.5 Å². The Morgan fingerprint density at radius 3 is 2.57 bits per heavy atom. The van der Waals surface area contributed by atoms with Crippen LogP contribution in [0.1, 0.15) is 11.1 Å². The molecule has 0 spiro atoms. The lowest BCUT2D eigenvalue weighted by atomic mass is 10.0. The average Bonchev–Trinajstić information content (AvgIpc) is 2.50. The van der Waals surface area contributed by atoms with Crippen molar-refractivity contribution in [3.63, 3.8) is 0 Å². The fraction of sp³-hybridized carbons (Fsp3) is 0.375. The number of hydrogen-bond acceptors (Lipinski definition) is 5. The molecule has 0 aliphatic carbocycles. The van der Waals surface area contributed by atoms with Gasteiger partial charge in [0.05, 0.1) is 13.2 Å². The van der Waals surface area contributed by atoms with Gasteiger partial charge in [0.1, 0.15) is 17.7 Å². The Morgan fingerprint density at radius 1 is 1.33 bits per heavy atom. The summed E-state index contributed by atoms with van der Waals surface area (Å²) in [5.41, 5.74) is 2.87. The lowest BCUT2D eigenvalue weighted by Crippen LogP contribution is -2.30. The van der Waals surface area contributed by atoms with E-state index >= 15 is 0 Å². The third kappa shape index (κ3) is 4.92. The average molecular weight is 285 g/mol. The molecule has 0 amide bonds. The van der Waals surface area contributed by atoms with E-state index in [2.05, 4.69) is 0 Å². The topological polar surface area (TPSA) is 80.3 Å². The van der Waals surface area contributed by atoms with Crippen molar-refractivity contribution in [2.75, 3.05) is 38.3 Å². The third-order valence-electron chi connectivity index (χ3n) is 3.09. The van der Waals surface area contributed by atoms with Gasteiger partial charge in [-0.15, -0.1) is 0 Å². The number of anilines is 1. The van der Waals surface area contributed by atoms with Gasteiger partial charge in [0.2, 0.25) is 0 Å². The monoisotopic (exact) mass is 285 g/mol. The van der Waals surface area contributed by atoms with Crippen LogP contribution < -0.4 is 4.90 Å². The van der Waals surface area contributed by atoms with Gasteiger partial charge in [-0.3, -0.25) is 0 Å². The van der Waals surface area contributed by atoms with Gasteiger partial charge in [0.25, 0.3) is 0 Å². The second-order valence-corrected chi connectivity index (χ2v) is 4.53. The van der Waals surface area contributed by atoms with E-state index in [1.54, 1.807) is 13.2 Å². The summed E-state index contributed by atoms with van der Waals surface area (Å²) in [4.78, 5) is 2.03. The first kappa shape index (κ1) is 16.7. The van der Waals surface area contributed by atoms with E-state index in [9.17, 15) is 0 Å². The Bertz CT molecular complexity index is 566. The molecule has 1 aromatic carbocycles. The Hall–Kier alpha value is -2.34. The van der Waals surface area contributed by atoms with Crippen LogP contribution in [0.4, 0.5) is 5.69 Å². The van der Waals surface area contributed by atoms with E-state index in [0.29, 0.717) is 19.7 Å². The minimum Gasteiger partial charge on any atom is -0.395 e. The number of hydrogen-bond donors (Lipinski definition) is 1. The predicted octanol–water partition coefficient (Wildman–Crippen LogP) is 1.87. The molecule has 5 heteroatoms. The Morgan fingerprint density at radius 2 is 2.05 bits per heavy atom. The second kappa shape index (κ2) is 8.76. The smallest absolute Gasteiger partial charge is 0.130 e. The second-order valence-electron chi connectivity index (χ2n) is 4.53. The number of aryl methyl sites for hydroxylation is 1. The minimum atomic E-state index is 0.0669. The zero-order valence-corrected chi connectivity index (χ0v) is 12.3. The summed E-state index contributed by atoms with van der Waals surface area (Å²) < 4.78 is 5.07. The normalized spacial score (nSPS) is 9.57. The molecular weight excluding hydrogens is 266 g/mol. The number of allylic oxidation sites excluding steroid dienone is 1. The molecule has 5 nitrogen and oxygen atoms in total. The molecule has 0 heterocycles. The maximum absolute atomic E-state index is 9.14. The number of nitriles is 2. The first-order valence-corrected chi connectivity index (χ1v) is 6.63. The van der Waals surface area contributed by atoms with E-state index in [0.717, 1.165) is 16.8 Å². The van der Waals surface area contributed by atoms with Gasteiger partial charge < -0.3 is 14.7 Å². The van der Waals surface area contributed by atoms with E-state index < -0.39 is 0 Å². The van der Waals surface area contributed by atoms with Crippen LogP contribution in [0.3, 0.4) is 0 Å². The minimum absolute atomic E-state index is 0.0669. The summed E-state index contributed by atoms with van der Waals surface area (Å²) in [6.45, 7) is 3.78. The van der Waals surface area contributed by atoms with E-state index in [-0.39, 0.29) is 12.2 Å². The molecule has 0 radical (unpaired) electrons. The number of nitrogens with zero attached hydrogens (tertiary/aromatic N) is 3. The number of benzene rings is 1. The van der Waals surface area contributed by atoms with Crippen LogP contribution in [0.15, 0.2) is 23.8 Å². The van der Waals surface area contributed by atoms with Crippen LogP contribution in [-0.2, 0) is 4.74 Å². The molecule has 0 saturated carbocycles. The van der Waals surface area contributed by atoms with Gasteiger partial charge in [-0.05, 0) is 36.3 Å². The maximum atomic E-state index is 9.14. The summed E-state index contributed by atoms with van der Waals surface area (Å²) in [5, 5.41) is 26.7. The molecule has 0 atom stereocenters. The maximum Gasteiger partial charge on any atom is 0.130 e. The van der Waals surface area contributed by atoms with Crippen molar-refractivity contribution >= 4 is 11.8 Å². The summed E-state index contributed by atoms with van der Waals surface area (Å²) >= 11 is 0. The molecule has 0 aliphatic heterocycles. The molecule has 21 heavy (non-hydrogen) atoms. The highest BCUT2D eigenvalue weighted by Crippen LogP contribution is 2.21.